The lowest BCUT2D eigenvalue weighted by Gasteiger charge is -2.29. The first-order valence-electron chi connectivity index (χ1n) is 12.4. The van der Waals surface area contributed by atoms with E-state index in [0.717, 1.165) is 19.3 Å². The molecule has 0 aliphatic carbocycles. The highest BCUT2D eigenvalue weighted by atomic mass is 19.2. The van der Waals surface area contributed by atoms with Crippen LogP contribution in [-0.4, -0.2) is 12.7 Å². The Morgan fingerprint density at radius 2 is 1.35 bits per heavy atom. The Morgan fingerprint density at radius 3 is 1.95 bits per heavy atom. The van der Waals surface area contributed by atoms with E-state index in [4.69, 9.17) is 4.74 Å². The van der Waals surface area contributed by atoms with E-state index < -0.39 is 46.0 Å². The number of benzene rings is 3. The molecular weight excluding hydrogens is 490 g/mol. The molecule has 0 radical (unpaired) electrons. The maximum absolute atomic E-state index is 15.0. The molecule has 0 bridgehead atoms. The van der Waals surface area contributed by atoms with Crippen LogP contribution in [0.25, 0.3) is 17.2 Å². The predicted octanol–water partition coefficient (Wildman–Crippen LogP) is 8.68. The molecule has 3 aromatic carbocycles. The van der Waals surface area contributed by atoms with Gasteiger partial charge in [0.15, 0.2) is 34.9 Å². The molecule has 37 heavy (non-hydrogen) atoms. The Balaban J connectivity index is 1.54. The summed E-state index contributed by atoms with van der Waals surface area (Å²) in [5, 5.41) is 0. The third kappa shape index (κ3) is 5.47. The summed E-state index contributed by atoms with van der Waals surface area (Å²) in [5.74, 6) is -7.36. The van der Waals surface area contributed by atoms with Gasteiger partial charge in [-0.2, -0.15) is 0 Å². The smallest absolute Gasteiger partial charge is 0.167 e. The highest BCUT2D eigenvalue weighted by Crippen LogP contribution is 2.36. The molecule has 7 heteroatoms. The Bertz CT molecular complexity index is 1290. The second kappa shape index (κ2) is 11.5. The van der Waals surface area contributed by atoms with Crippen LogP contribution in [0.1, 0.15) is 60.8 Å². The number of hydrogen-bond donors (Lipinski definition) is 0. The lowest BCUT2D eigenvalue weighted by molar-refractivity contribution is -0.00181. The first kappa shape index (κ1) is 27.0. The fourth-order valence-electron chi connectivity index (χ4n) is 4.90. The Hall–Kier alpha value is -3.06. The van der Waals surface area contributed by atoms with E-state index >= 15 is 8.78 Å². The minimum Gasteiger partial charge on any atom is -0.378 e. The van der Waals surface area contributed by atoms with E-state index in [1.54, 1.807) is 0 Å². The number of ether oxygens (including phenoxy) is 1. The van der Waals surface area contributed by atoms with Crippen molar-refractivity contribution >= 4 is 6.08 Å². The molecule has 0 saturated carbocycles. The van der Waals surface area contributed by atoms with Crippen LogP contribution in [0.4, 0.5) is 26.3 Å². The Kier molecular flexibility index (Phi) is 8.42. The molecule has 0 amide bonds. The zero-order valence-corrected chi connectivity index (χ0v) is 20.5. The summed E-state index contributed by atoms with van der Waals surface area (Å²) in [6, 6.07) is 7.78. The van der Waals surface area contributed by atoms with Crippen molar-refractivity contribution in [1.29, 1.82) is 0 Å². The van der Waals surface area contributed by atoms with Gasteiger partial charge in [-0.05, 0) is 48.8 Å². The number of aryl methyl sites for hydroxylation is 2. The number of rotatable bonds is 8. The normalized spacial score (nSPS) is 17.7. The highest BCUT2D eigenvalue weighted by Gasteiger charge is 2.28. The molecule has 196 valence electrons. The molecule has 2 atom stereocenters. The van der Waals surface area contributed by atoms with Crippen LogP contribution in [0, 0.1) is 34.9 Å². The summed E-state index contributed by atoms with van der Waals surface area (Å²) < 4.78 is 93.9. The zero-order chi connectivity index (χ0) is 26.7. The zero-order valence-electron chi connectivity index (χ0n) is 20.5. The summed E-state index contributed by atoms with van der Waals surface area (Å²) in [7, 11) is 0. The summed E-state index contributed by atoms with van der Waals surface area (Å²) in [4.78, 5) is 0. The third-order valence-corrected chi connectivity index (χ3v) is 7.06. The van der Waals surface area contributed by atoms with Gasteiger partial charge in [0.25, 0.3) is 0 Å². The second-order valence-electron chi connectivity index (χ2n) is 9.39. The van der Waals surface area contributed by atoms with Gasteiger partial charge >= 0.3 is 0 Å². The average Bonchev–Trinajstić information content (AvgIpc) is 2.90. The maximum atomic E-state index is 15.0. The maximum Gasteiger partial charge on any atom is 0.167 e. The minimum atomic E-state index is -1.33. The van der Waals surface area contributed by atoms with Crippen molar-refractivity contribution in [3.63, 3.8) is 0 Å². The lowest BCUT2D eigenvalue weighted by Crippen LogP contribution is -2.25. The van der Waals surface area contributed by atoms with Crippen molar-refractivity contribution in [2.75, 3.05) is 6.61 Å². The van der Waals surface area contributed by atoms with Crippen LogP contribution in [0.5, 0.6) is 0 Å². The van der Waals surface area contributed by atoms with Crippen molar-refractivity contribution in [2.24, 2.45) is 0 Å². The van der Waals surface area contributed by atoms with Crippen molar-refractivity contribution in [2.45, 2.75) is 57.5 Å². The van der Waals surface area contributed by atoms with Crippen molar-refractivity contribution in [3.05, 3.63) is 100 Å². The van der Waals surface area contributed by atoms with Gasteiger partial charge in [-0.1, -0.05) is 62.4 Å². The van der Waals surface area contributed by atoms with E-state index in [0.29, 0.717) is 6.42 Å². The van der Waals surface area contributed by atoms with Gasteiger partial charge in [-0.3, -0.25) is 0 Å². The van der Waals surface area contributed by atoms with E-state index in [2.05, 4.69) is 13.5 Å². The standard InChI is InChI=1S/C30H28F6O/c1-3-5-21-12-10-20(16-37-21)22-14-15-24(30(36)28(22)34)23-13-11-19(27(33)29(23)35)9-8-18-7-6-17(4-2)25(31)26(18)32/h4,6-7,11,13-15,20-21H,2-3,5,8-10,12,16H2,1H3. The summed E-state index contributed by atoms with van der Waals surface area (Å²) in [5.41, 5.74) is -0.737. The van der Waals surface area contributed by atoms with E-state index in [1.165, 1.54) is 42.5 Å². The molecule has 1 fully saturated rings. The largest absolute Gasteiger partial charge is 0.378 e. The van der Waals surface area contributed by atoms with E-state index in [1.807, 2.05) is 0 Å². The predicted molar refractivity (Wildman–Crippen MR) is 132 cm³/mol. The van der Waals surface area contributed by atoms with Gasteiger partial charge < -0.3 is 4.74 Å². The van der Waals surface area contributed by atoms with Gasteiger partial charge in [0.05, 0.1) is 12.7 Å². The Labute approximate surface area is 212 Å². The molecule has 4 rings (SSSR count). The molecule has 1 saturated heterocycles. The van der Waals surface area contributed by atoms with Crippen molar-refractivity contribution in [1.82, 2.24) is 0 Å². The topological polar surface area (TPSA) is 9.23 Å². The van der Waals surface area contributed by atoms with Gasteiger partial charge in [0.2, 0.25) is 0 Å². The van der Waals surface area contributed by atoms with Crippen LogP contribution in [0.2, 0.25) is 0 Å². The summed E-state index contributed by atoms with van der Waals surface area (Å²) >= 11 is 0. The minimum absolute atomic E-state index is 0.000180. The number of halogens is 6. The molecule has 1 nitrogen and oxygen atoms in total. The molecule has 0 aromatic heterocycles. The fourth-order valence-corrected chi connectivity index (χ4v) is 4.90. The third-order valence-electron chi connectivity index (χ3n) is 7.06. The first-order valence-corrected chi connectivity index (χ1v) is 12.4. The monoisotopic (exact) mass is 518 g/mol. The SMILES string of the molecule is C=Cc1ccc(CCc2ccc(-c3ccc(C4CCC(CCC)OC4)c(F)c3F)c(F)c2F)c(F)c1F. The van der Waals surface area contributed by atoms with E-state index in [9.17, 15) is 17.6 Å². The summed E-state index contributed by atoms with van der Waals surface area (Å²) in [6.07, 6.45) is 4.38. The van der Waals surface area contributed by atoms with Crippen molar-refractivity contribution < 1.29 is 31.1 Å². The quantitative estimate of drug-likeness (QED) is 0.271. The van der Waals surface area contributed by atoms with E-state index in [-0.39, 0.29) is 53.7 Å². The van der Waals surface area contributed by atoms with Gasteiger partial charge in [-0.25, -0.2) is 26.3 Å². The molecule has 0 spiro atoms. The molecule has 0 N–H and O–H groups in total. The van der Waals surface area contributed by atoms with Crippen LogP contribution in [-0.2, 0) is 17.6 Å². The molecular formula is C30H28F6O. The van der Waals surface area contributed by atoms with Crippen LogP contribution in [0.15, 0.2) is 43.0 Å². The van der Waals surface area contributed by atoms with Crippen LogP contribution < -0.4 is 0 Å². The molecule has 2 unspecified atom stereocenters. The average molecular weight is 519 g/mol. The molecule has 3 aromatic rings. The molecule has 1 aliphatic rings. The van der Waals surface area contributed by atoms with Gasteiger partial charge in [0, 0.05) is 22.6 Å². The van der Waals surface area contributed by atoms with Crippen LogP contribution >= 0.6 is 0 Å². The number of hydrogen-bond acceptors (Lipinski definition) is 1. The highest BCUT2D eigenvalue weighted by molar-refractivity contribution is 5.66. The second-order valence-corrected chi connectivity index (χ2v) is 9.39. The summed E-state index contributed by atoms with van der Waals surface area (Å²) in [6.45, 7) is 5.74. The van der Waals surface area contributed by atoms with Gasteiger partial charge in [-0.15, -0.1) is 0 Å². The fraction of sp³-hybridized carbons (Fsp3) is 0.333. The Morgan fingerprint density at radius 1 is 0.757 bits per heavy atom. The molecule has 1 heterocycles. The molecule has 1 aliphatic heterocycles. The van der Waals surface area contributed by atoms with Gasteiger partial charge in [0.1, 0.15) is 0 Å². The van der Waals surface area contributed by atoms with Crippen LogP contribution in [0.3, 0.4) is 0 Å². The first-order chi connectivity index (χ1) is 17.8. The van der Waals surface area contributed by atoms with Crippen molar-refractivity contribution in [3.8, 4) is 11.1 Å². The lowest BCUT2D eigenvalue weighted by atomic mass is 9.88.